The third-order valence-corrected chi connectivity index (χ3v) is 8.20. The maximum Gasteiger partial charge on any atom is 0.326 e. The van der Waals surface area contributed by atoms with Crippen molar-refractivity contribution in [3.63, 3.8) is 0 Å². The molecule has 0 atom stereocenters. The van der Waals surface area contributed by atoms with E-state index in [1.54, 1.807) is 30.6 Å². The fourth-order valence-electron chi connectivity index (χ4n) is 5.45. The van der Waals surface area contributed by atoms with Crippen LogP contribution in [0.3, 0.4) is 0 Å². The Bertz CT molecular complexity index is 1820. The highest BCUT2D eigenvalue weighted by atomic mass is 32.2. The normalized spacial score (nSPS) is 13.9. The number of piperidine rings is 1. The Morgan fingerprint density at radius 3 is 2.34 bits per heavy atom. The number of nitrogens with one attached hydrogen (secondary N) is 3. The number of pyridine rings is 2. The highest BCUT2D eigenvalue weighted by Gasteiger charge is 2.29. The molecular weight excluding hydrogens is 618 g/mol. The highest BCUT2D eigenvalue weighted by molar-refractivity contribution is 7.92. The zero-order valence-electron chi connectivity index (χ0n) is 26.9. The molecule has 2 aromatic carbocycles. The van der Waals surface area contributed by atoms with Crippen molar-refractivity contribution in [1.29, 1.82) is 0 Å². The van der Waals surface area contributed by atoms with Gasteiger partial charge in [-0.3, -0.25) is 24.3 Å². The van der Waals surface area contributed by atoms with Crippen LogP contribution in [0.2, 0.25) is 0 Å². The minimum absolute atomic E-state index is 0.0252. The molecule has 0 unspecified atom stereocenters. The molecule has 1 aliphatic heterocycles. The number of sulfonamides is 1. The van der Waals surface area contributed by atoms with E-state index in [0.717, 1.165) is 54.7 Å². The molecule has 246 valence electrons. The predicted molar refractivity (Wildman–Crippen MR) is 183 cm³/mol. The molecule has 0 aliphatic carbocycles. The number of rotatable bonds is 10. The van der Waals surface area contributed by atoms with Crippen molar-refractivity contribution in [2.45, 2.75) is 46.2 Å². The number of ether oxygens (including phenoxy) is 1. The van der Waals surface area contributed by atoms with Gasteiger partial charge >= 0.3 is 6.03 Å². The number of hydrogen-bond acceptors (Lipinski definition) is 8. The zero-order valence-corrected chi connectivity index (χ0v) is 27.7. The summed E-state index contributed by atoms with van der Waals surface area (Å²) in [5.74, 6) is 0.318. The van der Waals surface area contributed by atoms with E-state index in [1.807, 2.05) is 61.2 Å². The molecule has 47 heavy (non-hydrogen) atoms. The molecule has 3 N–H and O–H groups in total. The van der Waals surface area contributed by atoms with Crippen LogP contribution in [0.25, 0.3) is 0 Å². The lowest BCUT2D eigenvalue weighted by atomic mass is 10.0. The Hall–Kier alpha value is -5.01. The molecule has 0 radical (unpaired) electrons. The van der Waals surface area contributed by atoms with Gasteiger partial charge in [0.15, 0.2) is 5.75 Å². The van der Waals surface area contributed by atoms with Crippen molar-refractivity contribution in [2.24, 2.45) is 0 Å². The monoisotopic (exact) mass is 657 g/mol. The number of urea groups is 1. The van der Waals surface area contributed by atoms with Gasteiger partial charge in [-0.15, -0.1) is 0 Å². The summed E-state index contributed by atoms with van der Waals surface area (Å²) in [4.78, 5) is 38.3. The number of carbonyl (C=O) groups excluding carboxylic acids is 2. The molecule has 4 aromatic rings. The maximum absolute atomic E-state index is 13.6. The van der Waals surface area contributed by atoms with Crippen LogP contribution in [0.15, 0.2) is 79.1 Å². The molecular formula is C34H39N7O5S. The Morgan fingerprint density at radius 1 is 0.936 bits per heavy atom. The Morgan fingerprint density at radius 2 is 1.70 bits per heavy atom. The van der Waals surface area contributed by atoms with Crippen molar-refractivity contribution >= 4 is 44.7 Å². The summed E-state index contributed by atoms with van der Waals surface area (Å²) >= 11 is 0. The molecule has 0 saturated carbocycles. The lowest BCUT2D eigenvalue weighted by Gasteiger charge is -2.38. The van der Waals surface area contributed by atoms with Gasteiger partial charge in [-0.1, -0.05) is 18.2 Å². The summed E-state index contributed by atoms with van der Waals surface area (Å²) < 4.78 is 31.6. The second kappa shape index (κ2) is 14.6. The molecule has 1 aliphatic rings. The largest absolute Gasteiger partial charge is 0.437 e. The Kier molecular flexibility index (Phi) is 10.4. The minimum atomic E-state index is -3.49. The Balaban J connectivity index is 1.21. The molecule has 1 saturated heterocycles. The van der Waals surface area contributed by atoms with Crippen LogP contribution in [-0.2, 0) is 21.4 Å². The molecule has 0 spiro atoms. The summed E-state index contributed by atoms with van der Waals surface area (Å²) in [6, 6.07) is 19.9. The minimum Gasteiger partial charge on any atom is -0.437 e. The fourth-order valence-corrected chi connectivity index (χ4v) is 6.01. The molecule has 1 fully saturated rings. The third-order valence-electron chi connectivity index (χ3n) is 7.60. The molecule has 0 bridgehead atoms. The first-order valence-corrected chi connectivity index (χ1v) is 17.1. The first-order valence-electron chi connectivity index (χ1n) is 15.3. The molecule has 2 aromatic heterocycles. The second-order valence-corrected chi connectivity index (χ2v) is 13.5. The maximum atomic E-state index is 13.6. The quantitative estimate of drug-likeness (QED) is 0.191. The SMILES string of the molecule is CC(=O)Nc1cc(NS(C)(=O)=O)ccc1Oc1ccc(CN2CCC(N(C(=O)Nc3ccc(C)nc3)c3cccc(C)c3)CC2)cn1. The van der Waals surface area contributed by atoms with Gasteiger partial charge in [-0.05, 0) is 80.3 Å². The Labute approximate surface area is 275 Å². The van der Waals surface area contributed by atoms with Crippen molar-refractivity contribution in [3.8, 4) is 11.6 Å². The van der Waals surface area contributed by atoms with Gasteiger partial charge in [0.2, 0.25) is 21.8 Å². The van der Waals surface area contributed by atoms with Gasteiger partial charge in [0, 0.05) is 56.2 Å². The van der Waals surface area contributed by atoms with Crippen molar-refractivity contribution in [1.82, 2.24) is 14.9 Å². The number of amides is 3. The van der Waals surface area contributed by atoms with Crippen LogP contribution in [0, 0.1) is 13.8 Å². The van der Waals surface area contributed by atoms with E-state index in [0.29, 0.717) is 35.2 Å². The summed E-state index contributed by atoms with van der Waals surface area (Å²) in [5, 5.41) is 5.69. The zero-order chi connectivity index (χ0) is 33.6. The van der Waals surface area contributed by atoms with E-state index in [-0.39, 0.29) is 18.0 Å². The number of aryl methyl sites for hydroxylation is 2. The van der Waals surface area contributed by atoms with Gasteiger partial charge in [-0.25, -0.2) is 18.2 Å². The van der Waals surface area contributed by atoms with E-state index in [1.165, 1.54) is 13.0 Å². The summed E-state index contributed by atoms with van der Waals surface area (Å²) in [6.45, 7) is 7.58. The van der Waals surface area contributed by atoms with Crippen LogP contribution in [-0.4, -0.2) is 60.6 Å². The molecule has 12 nitrogen and oxygen atoms in total. The number of aromatic nitrogens is 2. The molecule has 13 heteroatoms. The third kappa shape index (κ3) is 9.50. The summed E-state index contributed by atoms with van der Waals surface area (Å²) in [7, 11) is -3.49. The van der Waals surface area contributed by atoms with Crippen LogP contribution in [0.4, 0.5) is 27.5 Å². The van der Waals surface area contributed by atoms with Crippen LogP contribution in [0.5, 0.6) is 11.6 Å². The van der Waals surface area contributed by atoms with Crippen molar-refractivity contribution < 1.29 is 22.7 Å². The lowest BCUT2D eigenvalue weighted by molar-refractivity contribution is -0.114. The summed E-state index contributed by atoms with van der Waals surface area (Å²) in [6.07, 6.45) is 6.08. The van der Waals surface area contributed by atoms with Gasteiger partial charge < -0.3 is 15.4 Å². The lowest BCUT2D eigenvalue weighted by Crippen LogP contribution is -2.49. The topological polar surface area (TPSA) is 146 Å². The smallest absolute Gasteiger partial charge is 0.326 e. The molecule has 3 heterocycles. The van der Waals surface area contributed by atoms with Crippen molar-refractivity contribution in [2.75, 3.05) is 39.6 Å². The van der Waals surface area contributed by atoms with Gasteiger partial charge in [0.05, 0.1) is 29.5 Å². The van der Waals surface area contributed by atoms with E-state index < -0.39 is 10.0 Å². The van der Waals surface area contributed by atoms with Crippen LogP contribution < -0.4 is 25.0 Å². The highest BCUT2D eigenvalue weighted by Crippen LogP contribution is 2.32. The van der Waals surface area contributed by atoms with E-state index in [9.17, 15) is 18.0 Å². The van der Waals surface area contributed by atoms with Gasteiger partial charge in [-0.2, -0.15) is 0 Å². The average Bonchev–Trinajstić information content (AvgIpc) is 3.00. The molecule has 5 rings (SSSR count). The summed E-state index contributed by atoms with van der Waals surface area (Å²) in [5.41, 5.74) is 5.10. The van der Waals surface area contributed by atoms with Crippen LogP contribution >= 0.6 is 0 Å². The van der Waals surface area contributed by atoms with Gasteiger partial charge in [0.1, 0.15) is 0 Å². The number of nitrogens with zero attached hydrogens (tertiary/aromatic N) is 4. The first kappa shape index (κ1) is 33.4. The number of anilines is 4. The van der Waals surface area contributed by atoms with E-state index in [4.69, 9.17) is 4.74 Å². The number of likely N-dealkylation sites (tertiary alicyclic amines) is 1. The van der Waals surface area contributed by atoms with Crippen LogP contribution in [0.1, 0.15) is 36.6 Å². The number of carbonyl (C=O) groups is 2. The van der Waals surface area contributed by atoms with E-state index in [2.05, 4.69) is 30.2 Å². The average molecular weight is 658 g/mol. The number of benzene rings is 2. The first-order chi connectivity index (χ1) is 22.4. The standard InChI is InChI=1S/C34H39N7O5S/c1-23-6-5-7-30(18-23)41(34(43)38-28-10-8-24(2)35-21-28)29-14-16-40(17-15-29)22-26-9-13-33(36-20-26)46-32-12-11-27(39-47(4,44)45)19-31(32)37-25(3)42/h5-13,18-21,29,39H,14-17,22H2,1-4H3,(H,37,42)(H,38,43). The predicted octanol–water partition coefficient (Wildman–Crippen LogP) is 5.92. The van der Waals surface area contributed by atoms with Gasteiger partial charge in [0.25, 0.3) is 0 Å². The molecule has 3 amide bonds. The second-order valence-electron chi connectivity index (χ2n) is 11.7. The fraction of sp³-hybridized carbons (Fsp3) is 0.294. The van der Waals surface area contributed by atoms with Crippen molar-refractivity contribution in [3.05, 3.63) is 95.9 Å². The van der Waals surface area contributed by atoms with E-state index >= 15 is 0 Å². The number of hydrogen-bond donors (Lipinski definition) is 3.